The van der Waals surface area contributed by atoms with Gasteiger partial charge in [0.1, 0.15) is 0 Å². The Kier molecular flexibility index (Phi) is 4.88. The maximum atomic E-state index is 12.7. The number of amides is 2. The van der Waals surface area contributed by atoms with Gasteiger partial charge in [0, 0.05) is 37.1 Å². The zero-order valence-corrected chi connectivity index (χ0v) is 14.0. The molecule has 1 N–H and O–H groups in total. The molecule has 2 saturated heterocycles. The summed E-state index contributed by atoms with van der Waals surface area (Å²) >= 11 is 1.87. The minimum atomic E-state index is -1.40. The highest BCUT2D eigenvalue weighted by Crippen LogP contribution is 2.32. The van der Waals surface area contributed by atoms with Gasteiger partial charge in [0.05, 0.1) is 6.54 Å². The summed E-state index contributed by atoms with van der Waals surface area (Å²) < 4.78 is 0.176. The number of aliphatic hydroxyl groups is 1. The third kappa shape index (κ3) is 3.92. The lowest BCUT2D eigenvalue weighted by molar-refractivity contribution is -0.159. The Hall–Kier alpha value is -0.750. The number of piperidine rings is 1. The molecule has 6 heteroatoms. The van der Waals surface area contributed by atoms with Crippen LogP contribution in [-0.2, 0) is 9.59 Å². The monoisotopic (exact) mass is 314 g/mol. The van der Waals surface area contributed by atoms with Crippen LogP contribution in [-0.4, -0.2) is 69.0 Å². The first-order chi connectivity index (χ1) is 9.73. The number of carbonyl (C=O) groups is 2. The van der Waals surface area contributed by atoms with Gasteiger partial charge in [-0.3, -0.25) is 9.59 Å². The topological polar surface area (TPSA) is 60.9 Å². The van der Waals surface area contributed by atoms with Crippen LogP contribution in [0.2, 0.25) is 0 Å². The maximum absolute atomic E-state index is 12.7. The number of rotatable bonds is 1. The normalized spacial score (nSPS) is 29.9. The highest BCUT2D eigenvalue weighted by molar-refractivity contribution is 8.00. The van der Waals surface area contributed by atoms with Crippen LogP contribution >= 0.6 is 11.8 Å². The van der Waals surface area contributed by atoms with Crippen molar-refractivity contribution in [2.75, 3.05) is 31.9 Å². The Labute approximate surface area is 131 Å². The molecule has 0 aromatic carbocycles. The van der Waals surface area contributed by atoms with Gasteiger partial charge in [-0.25, -0.2) is 0 Å². The number of hydrogen-bond donors (Lipinski definition) is 1. The van der Waals surface area contributed by atoms with Crippen LogP contribution < -0.4 is 0 Å². The first-order valence-corrected chi connectivity index (χ1v) is 8.63. The number of hydrogen-bond acceptors (Lipinski definition) is 4. The van der Waals surface area contributed by atoms with Crippen molar-refractivity contribution in [2.24, 2.45) is 0 Å². The number of thioether (sulfide) groups is 1. The molecule has 5 nitrogen and oxygen atoms in total. The van der Waals surface area contributed by atoms with Gasteiger partial charge in [0.15, 0.2) is 5.60 Å². The quantitative estimate of drug-likeness (QED) is 0.787. The molecule has 0 unspecified atom stereocenters. The van der Waals surface area contributed by atoms with Crippen molar-refractivity contribution in [1.29, 1.82) is 0 Å². The Morgan fingerprint density at radius 3 is 2.48 bits per heavy atom. The van der Waals surface area contributed by atoms with Crippen molar-refractivity contribution in [2.45, 2.75) is 50.4 Å². The lowest BCUT2D eigenvalue weighted by Gasteiger charge is -2.40. The molecule has 2 aliphatic heterocycles. The largest absolute Gasteiger partial charge is 0.378 e. The molecule has 2 rings (SSSR count). The molecule has 0 spiro atoms. The zero-order chi connectivity index (χ0) is 15.7. The molecule has 0 radical (unpaired) electrons. The number of carbonyl (C=O) groups excluding carboxylic acids is 2. The smallest absolute Gasteiger partial charge is 0.256 e. The average molecular weight is 314 g/mol. The van der Waals surface area contributed by atoms with E-state index in [9.17, 15) is 14.7 Å². The van der Waals surface area contributed by atoms with E-state index in [2.05, 4.69) is 13.8 Å². The van der Waals surface area contributed by atoms with Crippen LogP contribution in [0, 0.1) is 0 Å². The molecule has 2 heterocycles. The summed E-state index contributed by atoms with van der Waals surface area (Å²) in [4.78, 5) is 27.6. The first kappa shape index (κ1) is 16.6. The lowest BCUT2D eigenvalue weighted by atomic mass is 9.91. The van der Waals surface area contributed by atoms with Gasteiger partial charge in [-0.2, -0.15) is 11.8 Å². The molecule has 2 amide bonds. The van der Waals surface area contributed by atoms with Gasteiger partial charge < -0.3 is 14.9 Å². The summed E-state index contributed by atoms with van der Waals surface area (Å²) in [6, 6.07) is 0. The van der Waals surface area contributed by atoms with E-state index in [0.717, 1.165) is 12.2 Å². The predicted octanol–water partition coefficient (Wildman–Crippen LogP) is 1.10. The highest BCUT2D eigenvalue weighted by Gasteiger charge is 2.44. The second kappa shape index (κ2) is 6.16. The molecule has 1 atom stereocenters. The van der Waals surface area contributed by atoms with Crippen molar-refractivity contribution in [3.05, 3.63) is 0 Å². The van der Waals surface area contributed by atoms with Crippen LogP contribution in [0.15, 0.2) is 0 Å². The van der Waals surface area contributed by atoms with Gasteiger partial charge >= 0.3 is 0 Å². The van der Waals surface area contributed by atoms with E-state index in [1.165, 1.54) is 6.92 Å². The van der Waals surface area contributed by atoms with Gasteiger partial charge in [-0.05, 0) is 19.3 Å². The van der Waals surface area contributed by atoms with Crippen LogP contribution in [0.1, 0.15) is 40.0 Å². The van der Waals surface area contributed by atoms with Crippen molar-refractivity contribution < 1.29 is 14.7 Å². The van der Waals surface area contributed by atoms with Gasteiger partial charge in [-0.1, -0.05) is 13.8 Å². The van der Waals surface area contributed by atoms with E-state index in [1.54, 1.807) is 9.80 Å². The van der Waals surface area contributed by atoms with E-state index in [4.69, 9.17) is 0 Å². The molecular formula is C15H26N2O3S. The Balaban J connectivity index is 2.05. The van der Waals surface area contributed by atoms with Gasteiger partial charge in [0.25, 0.3) is 5.91 Å². The predicted molar refractivity (Wildman–Crippen MR) is 84.2 cm³/mol. The summed E-state index contributed by atoms with van der Waals surface area (Å²) in [6.45, 7) is 8.00. The number of likely N-dealkylation sites (tertiary alicyclic amines) is 1. The fourth-order valence-corrected chi connectivity index (χ4v) is 4.10. The fraction of sp³-hybridized carbons (Fsp3) is 0.867. The maximum Gasteiger partial charge on any atom is 0.256 e. The van der Waals surface area contributed by atoms with Crippen molar-refractivity contribution >= 4 is 23.6 Å². The van der Waals surface area contributed by atoms with E-state index in [0.29, 0.717) is 32.5 Å². The van der Waals surface area contributed by atoms with E-state index in [1.807, 2.05) is 11.8 Å². The minimum Gasteiger partial charge on any atom is -0.378 e. The minimum absolute atomic E-state index is 0.0755. The van der Waals surface area contributed by atoms with Crippen molar-refractivity contribution in [1.82, 2.24) is 9.80 Å². The molecule has 0 bridgehead atoms. The summed E-state index contributed by atoms with van der Waals surface area (Å²) in [6.07, 6.45) is 2.05. The van der Waals surface area contributed by atoms with Crippen LogP contribution in [0.4, 0.5) is 0 Å². The molecule has 0 saturated carbocycles. The standard InChI is InChI=1S/C15H26N2O3S/c1-12(18)17-7-4-5-15(20,11-17)13(19)16-8-6-14(2,3)21-10-9-16/h20H,4-11H2,1-3H3/t15-/m0/s1. The van der Waals surface area contributed by atoms with E-state index >= 15 is 0 Å². The Bertz CT molecular complexity index is 427. The van der Waals surface area contributed by atoms with E-state index < -0.39 is 5.60 Å². The third-order valence-electron chi connectivity index (χ3n) is 4.44. The average Bonchev–Trinajstić information content (AvgIpc) is 2.59. The summed E-state index contributed by atoms with van der Waals surface area (Å²) in [5.41, 5.74) is -1.40. The molecule has 120 valence electrons. The Morgan fingerprint density at radius 1 is 1.10 bits per heavy atom. The SMILES string of the molecule is CC(=O)N1CCC[C@@](O)(C(=O)N2CCSC(C)(C)CC2)C1. The molecule has 0 aliphatic carbocycles. The van der Waals surface area contributed by atoms with E-state index in [-0.39, 0.29) is 23.1 Å². The lowest BCUT2D eigenvalue weighted by Crippen LogP contribution is -2.59. The first-order valence-electron chi connectivity index (χ1n) is 7.65. The molecule has 2 aliphatic rings. The van der Waals surface area contributed by atoms with Crippen LogP contribution in [0.5, 0.6) is 0 Å². The Morgan fingerprint density at radius 2 is 1.81 bits per heavy atom. The van der Waals surface area contributed by atoms with Crippen molar-refractivity contribution in [3.8, 4) is 0 Å². The van der Waals surface area contributed by atoms with Gasteiger partial charge in [0.2, 0.25) is 5.91 Å². The highest BCUT2D eigenvalue weighted by atomic mass is 32.2. The molecule has 2 fully saturated rings. The third-order valence-corrected chi connectivity index (χ3v) is 5.81. The molecule has 0 aromatic heterocycles. The summed E-state index contributed by atoms with van der Waals surface area (Å²) in [7, 11) is 0. The van der Waals surface area contributed by atoms with Crippen LogP contribution in [0.25, 0.3) is 0 Å². The number of β-amino-alcohol motifs (C(OH)–C–C–N with tert-alkyl or cyclic N) is 1. The zero-order valence-electron chi connectivity index (χ0n) is 13.2. The molecule has 21 heavy (non-hydrogen) atoms. The number of nitrogens with zero attached hydrogens (tertiary/aromatic N) is 2. The molecule has 0 aromatic rings. The summed E-state index contributed by atoms with van der Waals surface area (Å²) in [5, 5.41) is 10.7. The summed E-state index contributed by atoms with van der Waals surface area (Å²) in [5.74, 6) is 0.617. The second-order valence-electron chi connectivity index (χ2n) is 6.73. The fourth-order valence-electron chi connectivity index (χ4n) is 3.00. The van der Waals surface area contributed by atoms with Crippen LogP contribution in [0.3, 0.4) is 0 Å². The van der Waals surface area contributed by atoms with Crippen molar-refractivity contribution in [3.63, 3.8) is 0 Å². The van der Waals surface area contributed by atoms with Gasteiger partial charge in [-0.15, -0.1) is 0 Å². The molecular weight excluding hydrogens is 288 g/mol. The second-order valence-corrected chi connectivity index (χ2v) is 8.53.